The van der Waals surface area contributed by atoms with Gasteiger partial charge in [-0.25, -0.2) is 0 Å². The third kappa shape index (κ3) is 5.72. The highest BCUT2D eigenvalue weighted by atomic mass is 35.5. The molecule has 2 amide bonds. The van der Waals surface area contributed by atoms with E-state index in [1.807, 2.05) is 41.3 Å². The van der Waals surface area contributed by atoms with Crippen LogP contribution in [0, 0.1) is 0 Å². The van der Waals surface area contributed by atoms with Gasteiger partial charge in [0.05, 0.1) is 12.1 Å². The molecule has 3 aromatic rings. The largest absolute Gasteiger partial charge is 0.368 e. The molecule has 36 heavy (non-hydrogen) atoms. The molecular weight excluding hydrogens is 472 g/mol. The highest BCUT2D eigenvalue weighted by Crippen LogP contribution is 2.29. The molecule has 1 saturated heterocycles. The van der Waals surface area contributed by atoms with Gasteiger partial charge in [0.25, 0.3) is 0 Å². The summed E-state index contributed by atoms with van der Waals surface area (Å²) in [6, 6.07) is 20.8. The first-order valence-electron chi connectivity index (χ1n) is 12.6. The summed E-state index contributed by atoms with van der Waals surface area (Å²) in [5.41, 5.74) is 14.3. The molecule has 1 aliphatic rings. The number of amides is 2. The lowest BCUT2D eigenvalue weighted by atomic mass is 9.89. The van der Waals surface area contributed by atoms with Crippen LogP contribution in [0.25, 0.3) is 10.8 Å². The van der Waals surface area contributed by atoms with Gasteiger partial charge in [-0.15, -0.1) is 0 Å². The lowest BCUT2D eigenvalue weighted by molar-refractivity contribution is -0.139. The van der Waals surface area contributed by atoms with Gasteiger partial charge in [-0.1, -0.05) is 80.0 Å². The Hall–Kier alpha value is -2.93. The number of carbonyl (C=O) groups excluding carboxylic acids is 2. The van der Waals surface area contributed by atoms with Gasteiger partial charge in [-0.2, -0.15) is 0 Å². The average molecular weight is 507 g/mol. The van der Waals surface area contributed by atoms with Crippen molar-refractivity contribution in [1.29, 1.82) is 0 Å². The lowest BCUT2D eigenvalue weighted by Crippen LogP contribution is -2.62. The van der Waals surface area contributed by atoms with Gasteiger partial charge in [-0.3, -0.25) is 14.5 Å². The standard InChI is InChI=1S/C29H35ClN4O2/c1-3-25-18-33(14-15-34(25)29(36)26(31)16-20-8-12-24(30)13-9-20)27(28(32)35)19(2)22-11-10-21-6-4-5-7-23(21)17-22/h4-13,17,19,25-27H,3,14-16,18,31H2,1-2H3,(H2,32,35). The number of hydrogen-bond acceptors (Lipinski definition) is 4. The molecule has 7 heteroatoms. The Labute approximate surface area is 218 Å². The predicted octanol–water partition coefficient (Wildman–Crippen LogP) is 3.94. The number of fused-ring (bicyclic) bond motifs is 1. The van der Waals surface area contributed by atoms with E-state index >= 15 is 0 Å². The van der Waals surface area contributed by atoms with Gasteiger partial charge in [-0.05, 0) is 46.9 Å². The van der Waals surface area contributed by atoms with Crippen molar-refractivity contribution in [2.75, 3.05) is 19.6 Å². The maximum Gasteiger partial charge on any atom is 0.240 e. The van der Waals surface area contributed by atoms with Crippen LogP contribution in [0.15, 0.2) is 66.7 Å². The Morgan fingerprint density at radius 3 is 2.39 bits per heavy atom. The van der Waals surface area contributed by atoms with Crippen LogP contribution in [0.2, 0.25) is 5.02 Å². The molecule has 4 N–H and O–H groups in total. The second kappa shape index (κ2) is 11.4. The van der Waals surface area contributed by atoms with Crippen LogP contribution in [0.1, 0.15) is 37.3 Å². The molecule has 1 heterocycles. The monoisotopic (exact) mass is 506 g/mol. The van der Waals surface area contributed by atoms with E-state index in [-0.39, 0.29) is 23.8 Å². The number of nitrogens with zero attached hydrogens (tertiary/aromatic N) is 2. The minimum atomic E-state index is -0.629. The topological polar surface area (TPSA) is 92.7 Å². The van der Waals surface area contributed by atoms with Crippen LogP contribution >= 0.6 is 11.6 Å². The number of rotatable bonds is 8. The maximum atomic E-state index is 13.3. The number of primary amides is 1. The summed E-state index contributed by atoms with van der Waals surface area (Å²) in [5.74, 6) is -0.488. The van der Waals surface area contributed by atoms with Crippen molar-refractivity contribution in [2.45, 2.75) is 50.7 Å². The van der Waals surface area contributed by atoms with Gasteiger partial charge in [0.1, 0.15) is 0 Å². The van der Waals surface area contributed by atoms with E-state index in [1.165, 1.54) is 0 Å². The molecule has 0 spiro atoms. The molecule has 0 radical (unpaired) electrons. The van der Waals surface area contributed by atoms with E-state index < -0.39 is 12.1 Å². The number of halogens is 1. The highest BCUT2D eigenvalue weighted by molar-refractivity contribution is 6.30. The van der Waals surface area contributed by atoms with E-state index in [0.29, 0.717) is 31.1 Å². The van der Waals surface area contributed by atoms with Gasteiger partial charge in [0.15, 0.2) is 0 Å². The summed E-state index contributed by atoms with van der Waals surface area (Å²) in [4.78, 5) is 30.0. The predicted molar refractivity (Wildman–Crippen MR) is 146 cm³/mol. The first kappa shape index (κ1) is 26.1. The minimum absolute atomic E-state index is 0.0341. The molecule has 3 aromatic carbocycles. The van der Waals surface area contributed by atoms with Gasteiger partial charge in [0, 0.05) is 36.6 Å². The van der Waals surface area contributed by atoms with E-state index in [9.17, 15) is 9.59 Å². The maximum absolute atomic E-state index is 13.3. The summed E-state index contributed by atoms with van der Waals surface area (Å²) < 4.78 is 0. The Morgan fingerprint density at radius 1 is 1.03 bits per heavy atom. The van der Waals surface area contributed by atoms with Gasteiger partial charge < -0.3 is 16.4 Å². The van der Waals surface area contributed by atoms with Crippen LogP contribution in [0.3, 0.4) is 0 Å². The molecule has 6 nitrogen and oxygen atoms in total. The van der Waals surface area contributed by atoms with Crippen molar-refractivity contribution >= 4 is 34.2 Å². The van der Waals surface area contributed by atoms with Crippen molar-refractivity contribution < 1.29 is 9.59 Å². The van der Waals surface area contributed by atoms with Crippen molar-refractivity contribution in [3.8, 4) is 0 Å². The third-order valence-corrected chi connectivity index (χ3v) is 7.66. The lowest BCUT2D eigenvalue weighted by Gasteiger charge is -2.45. The molecule has 4 unspecified atom stereocenters. The second-order valence-electron chi connectivity index (χ2n) is 9.77. The smallest absolute Gasteiger partial charge is 0.240 e. The summed E-state index contributed by atoms with van der Waals surface area (Å²) in [7, 11) is 0. The van der Waals surface area contributed by atoms with E-state index in [2.05, 4.69) is 49.1 Å². The fraction of sp³-hybridized carbons (Fsp3) is 0.379. The fourth-order valence-corrected chi connectivity index (χ4v) is 5.49. The minimum Gasteiger partial charge on any atom is -0.368 e. The summed E-state index contributed by atoms with van der Waals surface area (Å²) >= 11 is 5.97. The average Bonchev–Trinajstić information content (AvgIpc) is 2.89. The SMILES string of the molecule is CCC1CN(C(C(N)=O)C(C)c2ccc3ccccc3c2)CCN1C(=O)C(N)Cc1ccc(Cl)cc1. The van der Waals surface area contributed by atoms with Crippen molar-refractivity contribution in [2.24, 2.45) is 11.5 Å². The number of nitrogens with two attached hydrogens (primary N) is 2. The van der Waals surface area contributed by atoms with Gasteiger partial charge >= 0.3 is 0 Å². The molecule has 0 saturated carbocycles. The van der Waals surface area contributed by atoms with E-state index in [1.54, 1.807) is 0 Å². The van der Waals surface area contributed by atoms with Crippen LogP contribution in [0.4, 0.5) is 0 Å². The molecule has 1 aliphatic heterocycles. The Balaban J connectivity index is 1.47. The molecule has 4 atom stereocenters. The molecule has 0 aromatic heterocycles. The first-order valence-corrected chi connectivity index (χ1v) is 13.0. The molecule has 190 valence electrons. The molecule has 1 fully saturated rings. The van der Waals surface area contributed by atoms with Crippen molar-refractivity contribution in [3.05, 3.63) is 82.9 Å². The molecular formula is C29H35ClN4O2. The Kier molecular flexibility index (Phi) is 8.29. The summed E-state index contributed by atoms with van der Waals surface area (Å²) in [5, 5.41) is 2.96. The Bertz CT molecular complexity index is 1220. The molecule has 4 rings (SSSR count). The van der Waals surface area contributed by atoms with E-state index in [4.69, 9.17) is 23.1 Å². The second-order valence-corrected chi connectivity index (χ2v) is 10.2. The van der Waals surface area contributed by atoms with Crippen molar-refractivity contribution in [3.63, 3.8) is 0 Å². The summed E-state index contributed by atoms with van der Waals surface area (Å²) in [6.45, 7) is 5.79. The zero-order chi connectivity index (χ0) is 25.8. The van der Waals surface area contributed by atoms with Crippen LogP contribution in [-0.4, -0.2) is 59.4 Å². The zero-order valence-electron chi connectivity index (χ0n) is 20.9. The fourth-order valence-electron chi connectivity index (χ4n) is 5.36. The third-order valence-electron chi connectivity index (χ3n) is 7.41. The molecule has 0 bridgehead atoms. The van der Waals surface area contributed by atoms with E-state index in [0.717, 1.165) is 28.3 Å². The quantitative estimate of drug-likeness (QED) is 0.484. The van der Waals surface area contributed by atoms with Crippen LogP contribution in [-0.2, 0) is 16.0 Å². The van der Waals surface area contributed by atoms with Crippen LogP contribution in [0.5, 0.6) is 0 Å². The highest BCUT2D eigenvalue weighted by Gasteiger charge is 2.38. The zero-order valence-corrected chi connectivity index (χ0v) is 21.7. The first-order chi connectivity index (χ1) is 17.3. The van der Waals surface area contributed by atoms with Gasteiger partial charge in [0.2, 0.25) is 11.8 Å². The number of carbonyl (C=O) groups is 2. The summed E-state index contributed by atoms with van der Waals surface area (Å²) in [6.07, 6.45) is 1.22. The Morgan fingerprint density at radius 2 is 1.72 bits per heavy atom. The van der Waals surface area contributed by atoms with Crippen LogP contribution < -0.4 is 11.5 Å². The normalized spacial score (nSPS) is 19.1. The number of piperazine rings is 1. The molecule has 0 aliphatic carbocycles. The number of hydrogen-bond donors (Lipinski definition) is 2. The number of benzene rings is 3. The van der Waals surface area contributed by atoms with Crippen molar-refractivity contribution in [1.82, 2.24) is 9.80 Å².